The molecule has 0 bridgehead atoms. The molecule has 0 unspecified atom stereocenters. The van der Waals surface area contributed by atoms with Gasteiger partial charge in [0.15, 0.2) is 0 Å². The van der Waals surface area contributed by atoms with Gasteiger partial charge in [-0.3, -0.25) is 9.88 Å². The molecule has 1 saturated heterocycles. The van der Waals surface area contributed by atoms with E-state index in [0.29, 0.717) is 25.4 Å². The van der Waals surface area contributed by atoms with Crippen LogP contribution in [-0.4, -0.2) is 65.2 Å². The van der Waals surface area contributed by atoms with Crippen LogP contribution in [0.4, 0.5) is 4.79 Å². The van der Waals surface area contributed by atoms with E-state index in [1.807, 2.05) is 48.7 Å². The maximum atomic E-state index is 12.5. The summed E-state index contributed by atoms with van der Waals surface area (Å²) in [5.74, 6) is 1.38. The van der Waals surface area contributed by atoms with Crippen molar-refractivity contribution in [1.82, 2.24) is 19.8 Å². The standard InChI is InChI=1S/C24H28N4O3/c29-24(28-17-15-27(16-18-28)14-9-21-2-1-11-26-21)31-23-5-3-20(4-6-23)10-19-30-22-7-12-25-13-8-22/h1-8,11-13,26H,9-10,14-19H2. The Morgan fingerprint density at radius 1 is 0.935 bits per heavy atom. The van der Waals surface area contributed by atoms with Crippen molar-refractivity contribution in [3.05, 3.63) is 78.4 Å². The molecule has 0 aliphatic carbocycles. The second-order valence-electron chi connectivity index (χ2n) is 7.57. The number of aromatic nitrogens is 2. The first-order chi connectivity index (χ1) is 15.3. The molecule has 2 aromatic heterocycles. The van der Waals surface area contributed by atoms with Gasteiger partial charge >= 0.3 is 6.09 Å². The van der Waals surface area contributed by atoms with Gasteiger partial charge in [-0.05, 0) is 42.0 Å². The number of hydrogen-bond acceptors (Lipinski definition) is 5. The summed E-state index contributed by atoms with van der Waals surface area (Å²) in [6.07, 6.45) is 6.87. The molecule has 1 aliphatic heterocycles. The Labute approximate surface area is 182 Å². The number of rotatable bonds is 8. The Kier molecular flexibility index (Phi) is 7.18. The van der Waals surface area contributed by atoms with Crippen LogP contribution in [0.25, 0.3) is 0 Å². The van der Waals surface area contributed by atoms with E-state index in [2.05, 4.69) is 20.9 Å². The van der Waals surface area contributed by atoms with Crippen molar-refractivity contribution in [1.29, 1.82) is 0 Å². The first-order valence-electron chi connectivity index (χ1n) is 10.7. The lowest BCUT2D eigenvalue weighted by Crippen LogP contribution is -2.49. The van der Waals surface area contributed by atoms with Gasteiger partial charge in [-0.15, -0.1) is 0 Å². The van der Waals surface area contributed by atoms with Gasteiger partial charge in [0.05, 0.1) is 6.61 Å². The van der Waals surface area contributed by atoms with Crippen molar-refractivity contribution in [3.63, 3.8) is 0 Å². The van der Waals surface area contributed by atoms with Gasteiger partial charge in [-0.2, -0.15) is 0 Å². The van der Waals surface area contributed by atoms with E-state index in [4.69, 9.17) is 9.47 Å². The highest BCUT2D eigenvalue weighted by Gasteiger charge is 2.22. The number of nitrogens with zero attached hydrogens (tertiary/aromatic N) is 3. The first-order valence-corrected chi connectivity index (χ1v) is 10.7. The molecule has 4 rings (SSSR count). The third-order valence-electron chi connectivity index (χ3n) is 5.43. The monoisotopic (exact) mass is 420 g/mol. The number of carbonyl (C=O) groups is 1. The molecule has 7 heteroatoms. The van der Waals surface area contributed by atoms with Gasteiger partial charge in [-0.25, -0.2) is 4.79 Å². The highest BCUT2D eigenvalue weighted by atomic mass is 16.6. The molecule has 7 nitrogen and oxygen atoms in total. The zero-order chi connectivity index (χ0) is 21.3. The Morgan fingerprint density at radius 3 is 2.42 bits per heavy atom. The van der Waals surface area contributed by atoms with E-state index < -0.39 is 0 Å². The molecule has 0 saturated carbocycles. The highest BCUT2D eigenvalue weighted by Crippen LogP contribution is 2.15. The van der Waals surface area contributed by atoms with Crippen LogP contribution in [0.1, 0.15) is 11.3 Å². The Balaban J connectivity index is 1.16. The summed E-state index contributed by atoms with van der Waals surface area (Å²) in [6.45, 7) is 4.69. The van der Waals surface area contributed by atoms with Crippen LogP contribution >= 0.6 is 0 Å². The average molecular weight is 421 g/mol. The van der Waals surface area contributed by atoms with Crippen molar-refractivity contribution in [2.45, 2.75) is 12.8 Å². The minimum absolute atomic E-state index is 0.280. The fourth-order valence-corrected chi connectivity index (χ4v) is 3.57. The van der Waals surface area contributed by atoms with Crippen LogP contribution in [0.15, 0.2) is 67.1 Å². The van der Waals surface area contributed by atoms with E-state index >= 15 is 0 Å². The molecule has 0 spiro atoms. The summed E-state index contributed by atoms with van der Waals surface area (Å²) in [5.41, 5.74) is 2.37. The largest absolute Gasteiger partial charge is 0.493 e. The normalized spacial score (nSPS) is 14.4. The minimum Gasteiger partial charge on any atom is -0.493 e. The van der Waals surface area contributed by atoms with Gasteiger partial charge in [-0.1, -0.05) is 12.1 Å². The van der Waals surface area contributed by atoms with E-state index in [1.165, 1.54) is 5.69 Å². The number of carbonyl (C=O) groups excluding carboxylic acids is 1. The topological polar surface area (TPSA) is 70.7 Å². The van der Waals surface area contributed by atoms with Crippen LogP contribution in [-0.2, 0) is 12.8 Å². The number of ether oxygens (including phenoxy) is 2. The number of H-pyrrole nitrogens is 1. The summed E-state index contributed by atoms with van der Waals surface area (Å²) in [4.78, 5) is 23.9. The minimum atomic E-state index is -0.280. The summed E-state index contributed by atoms with van der Waals surface area (Å²) in [5, 5.41) is 0. The summed E-state index contributed by atoms with van der Waals surface area (Å²) in [7, 11) is 0. The lowest BCUT2D eigenvalue weighted by atomic mass is 10.1. The number of benzene rings is 1. The molecule has 0 radical (unpaired) electrons. The Hall–Kier alpha value is -3.32. The van der Waals surface area contributed by atoms with Crippen LogP contribution in [0.3, 0.4) is 0 Å². The number of piperazine rings is 1. The number of amides is 1. The molecule has 162 valence electrons. The molecule has 0 atom stereocenters. The smallest absolute Gasteiger partial charge is 0.415 e. The predicted molar refractivity (Wildman–Crippen MR) is 118 cm³/mol. The Morgan fingerprint density at radius 2 is 1.71 bits per heavy atom. The van der Waals surface area contributed by atoms with Crippen molar-refractivity contribution < 1.29 is 14.3 Å². The maximum Gasteiger partial charge on any atom is 0.415 e. The van der Waals surface area contributed by atoms with Crippen molar-refractivity contribution >= 4 is 6.09 Å². The van der Waals surface area contributed by atoms with Crippen LogP contribution in [0.5, 0.6) is 11.5 Å². The second-order valence-corrected chi connectivity index (χ2v) is 7.57. The van der Waals surface area contributed by atoms with Crippen LogP contribution in [0, 0.1) is 0 Å². The average Bonchev–Trinajstić information content (AvgIpc) is 3.34. The number of nitrogens with one attached hydrogen (secondary N) is 1. The second kappa shape index (κ2) is 10.6. The number of aromatic amines is 1. The molecule has 1 aromatic carbocycles. The molecule has 1 amide bonds. The third-order valence-corrected chi connectivity index (χ3v) is 5.43. The van der Waals surface area contributed by atoms with Crippen molar-refractivity contribution in [2.75, 3.05) is 39.3 Å². The third kappa shape index (κ3) is 6.33. The van der Waals surface area contributed by atoms with E-state index in [0.717, 1.165) is 43.8 Å². The van der Waals surface area contributed by atoms with Crippen molar-refractivity contribution in [2.24, 2.45) is 0 Å². The molecule has 31 heavy (non-hydrogen) atoms. The van der Waals surface area contributed by atoms with E-state index in [9.17, 15) is 4.79 Å². The van der Waals surface area contributed by atoms with Gasteiger partial charge in [0, 0.05) is 69.8 Å². The van der Waals surface area contributed by atoms with Gasteiger partial charge in [0.2, 0.25) is 0 Å². The number of pyridine rings is 1. The Bertz CT molecular complexity index is 921. The first kappa shape index (κ1) is 20.9. The fraction of sp³-hybridized carbons (Fsp3) is 0.333. The lowest BCUT2D eigenvalue weighted by molar-refractivity contribution is 0.111. The quantitative estimate of drug-likeness (QED) is 0.605. The van der Waals surface area contributed by atoms with Gasteiger partial charge in [0.1, 0.15) is 11.5 Å². The van der Waals surface area contributed by atoms with Crippen LogP contribution in [0.2, 0.25) is 0 Å². The molecule has 3 heterocycles. The molecule has 1 fully saturated rings. The lowest BCUT2D eigenvalue weighted by Gasteiger charge is -2.33. The van der Waals surface area contributed by atoms with E-state index in [-0.39, 0.29) is 6.09 Å². The number of hydrogen-bond donors (Lipinski definition) is 1. The zero-order valence-electron chi connectivity index (χ0n) is 17.6. The maximum absolute atomic E-state index is 12.5. The predicted octanol–water partition coefficient (Wildman–Crippen LogP) is 3.39. The van der Waals surface area contributed by atoms with Crippen LogP contribution < -0.4 is 9.47 Å². The SMILES string of the molecule is O=C(Oc1ccc(CCOc2ccncc2)cc1)N1CCN(CCc2ccc[nH]2)CC1. The van der Waals surface area contributed by atoms with Gasteiger partial charge < -0.3 is 19.4 Å². The molecule has 3 aromatic rings. The van der Waals surface area contributed by atoms with E-state index in [1.54, 1.807) is 17.3 Å². The summed E-state index contributed by atoms with van der Waals surface area (Å²) < 4.78 is 11.3. The van der Waals surface area contributed by atoms with Gasteiger partial charge in [0.25, 0.3) is 0 Å². The molecule has 1 aliphatic rings. The van der Waals surface area contributed by atoms with Crippen molar-refractivity contribution in [3.8, 4) is 11.5 Å². The summed E-state index contributed by atoms with van der Waals surface area (Å²) in [6, 6.07) is 15.4. The molecular weight excluding hydrogens is 392 g/mol. The fourth-order valence-electron chi connectivity index (χ4n) is 3.57. The highest BCUT2D eigenvalue weighted by molar-refractivity contribution is 5.70. The zero-order valence-corrected chi connectivity index (χ0v) is 17.6. The molecule has 1 N–H and O–H groups in total. The summed E-state index contributed by atoms with van der Waals surface area (Å²) >= 11 is 0. The molecular formula is C24H28N4O3.